The summed E-state index contributed by atoms with van der Waals surface area (Å²) in [5, 5.41) is 9.04. The lowest BCUT2D eigenvalue weighted by Gasteiger charge is -2.10. The zero-order valence-electron chi connectivity index (χ0n) is 11.6. The Morgan fingerprint density at radius 2 is 2.05 bits per heavy atom. The Labute approximate surface area is 125 Å². The maximum Gasteiger partial charge on any atom is 0.229 e. The van der Waals surface area contributed by atoms with Gasteiger partial charge in [-0.05, 0) is 12.1 Å². The quantitative estimate of drug-likeness (QED) is 0.708. The standard InChI is InChI=1S/C12H14N8S/c1-19(2)11-15-8(14-10(13)16-11)7-21-12-18-17-9-5-3-4-6-20(9)12/h3-6H,7H2,1-2H3,(H2,13,14,15,16). The molecule has 0 aliphatic rings. The molecule has 0 fully saturated rings. The minimum Gasteiger partial charge on any atom is -0.368 e. The monoisotopic (exact) mass is 302 g/mol. The molecule has 0 aliphatic heterocycles. The van der Waals surface area contributed by atoms with Crippen LogP contribution in [0.15, 0.2) is 29.6 Å². The topological polar surface area (TPSA) is 98.1 Å². The summed E-state index contributed by atoms with van der Waals surface area (Å²) >= 11 is 1.50. The number of hydrogen-bond acceptors (Lipinski definition) is 8. The second-order valence-corrected chi connectivity index (χ2v) is 5.45. The maximum atomic E-state index is 5.71. The van der Waals surface area contributed by atoms with E-state index in [1.54, 1.807) is 4.90 Å². The average molecular weight is 302 g/mol. The second kappa shape index (κ2) is 5.52. The van der Waals surface area contributed by atoms with Gasteiger partial charge >= 0.3 is 0 Å². The third-order valence-corrected chi connectivity index (χ3v) is 3.64. The Bertz CT molecular complexity index is 769. The van der Waals surface area contributed by atoms with E-state index in [9.17, 15) is 0 Å². The fourth-order valence-electron chi connectivity index (χ4n) is 1.74. The molecule has 0 aliphatic carbocycles. The van der Waals surface area contributed by atoms with Crippen molar-refractivity contribution in [3.05, 3.63) is 30.2 Å². The summed E-state index contributed by atoms with van der Waals surface area (Å²) in [7, 11) is 3.72. The third-order valence-electron chi connectivity index (χ3n) is 2.70. The van der Waals surface area contributed by atoms with E-state index in [0.29, 0.717) is 17.5 Å². The Kier molecular flexibility index (Phi) is 3.57. The highest BCUT2D eigenvalue weighted by molar-refractivity contribution is 7.98. The van der Waals surface area contributed by atoms with E-state index in [1.807, 2.05) is 42.9 Å². The van der Waals surface area contributed by atoms with Crippen molar-refractivity contribution in [2.75, 3.05) is 24.7 Å². The maximum absolute atomic E-state index is 5.71. The third kappa shape index (κ3) is 2.87. The summed E-state index contributed by atoms with van der Waals surface area (Å²) in [6.45, 7) is 0. The summed E-state index contributed by atoms with van der Waals surface area (Å²) in [4.78, 5) is 14.4. The molecule has 0 unspecified atom stereocenters. The number of nitrogens with zero attached hydrogens (tertiary/aromatic N) is 7. The largest absolute Gasteiger partial charge is 0.368 e. The first kappa shape index (κ1) is 13.6. The highest BCUT2D eigenvalue weighted by Crippen LogP contribution is 2.20. The van der Waals surface area contributed by atoms with E-state index in [1.165, 1.54) is 11.8 Å². The van der Waals surface area contributed by atoms with Crippen LogP contribution in [-0.2, 0) is 5.75 Å². The van der Waals surface area contributed by atoms with Crippen LogP contribution in [0, 0.1) is 0 Å². The second-order valence-electron chi connectivity index (χ2n) is 4.50. The summed E-state index contributed by atoms with van der Waals surface area (Å²) in [6.07, 6.45) is 1.92. The van der Waals surface area contributed by atoms with Gasteiger partial charge in [-0.3, -0.25) is 4.40 Å². The van der Waals surface area contributed by atoms with Crippen molar-refractivity contribution in [1.82, 2.24) is 29.5 Å². The highest BCUT2D eigenvalue weighted by atomic mass is 32.2. The van der Waals surface area contributed by atoms with Crippen LogP contribution in [0.4, 0.5) is 11.9 Å². The van der Waals surface area contributed by atoms with Crippen LogP contribution in [0.1, 0.15) is 5.82 Å². The minimum absolute atomic E-state index is 0.218. The smallest absolute Gasteiger partial charge is 0.229 e. The molecule has 0 amide bonds. The zero-order chi connectivity index (χ0) is 14.8. The van der Waals surface area contributed by atoms with Crippen LogP contribution >= 0.6 is 11.8 Å². The van der Waals surface area contributed by atoms with Crippen molar-refractivity contribution in [1.29, 1.82) is 0 Å². The van der Waals surface area contributed by atoms with Gasteiger partial charge in [0.05, 0.1) is 5.75 Å². The van der Waals surface area contributed by atoms with Crippen molar-refractivity contribution >= 4 is 29.3 Å². The van der Waals surface area contributed by atoms with E-state index in [0.717, 1.165) is 10.8 Å². The molecule has 108 valence electrons. The average Bonchev–Trinajstić information content (AvgIpc) is 2.88. The molecule has 0 bridgehead atoms. The van der Waals surface area contributed by atoms with Gasteiger partial charge in [-0.1, -0.05) is 17.8 Å². The summed E-state index contributed by atoms with van der Waals surface area (Å²) in [5.74, 6) is 1.92. The summed E-state index contributed by atoms with van der Waals surface area (Å²) in [6, 6.07) is 5.77. The minimum atomic E-state index is 0.218. The lowest BCUT2D eigenvalue weighted by atomic mass is 10.5. The van der Waals surface area contributed by atoms with E-state index in [2.05, 4.69) is 25.1 Å². The van der Waals surface area contributed by atoms with Crippen LogP contribution in [0.5, 0.6) is 0 Å². The van der Waals surface area contributed by atoms with Crippen molar-refractivity contribution in [2.24, 2.45) is 0 Å². The molecular formula is C12H14N8S. The normalized spacial score (nSPS) is 11.0. The van der Waals surface area contributed by atoms with Crippen molar-refractivity contribution in [2.45, 2.75) is 10.9 Å². The number of nitrogen functional groups attached to an aromatic ring is 1. The van der Waals surface area contributed by atoms with Crippen molar-refractivity contribution in [3.8, 4) is 0 Å². The molecule has 3 aromatic heterocycles. The number of anilines is 2. The predicted octanol–water partition coefficient (Wildman–Crippen LogP) is 0.855. The van der Waals surface area contributed by atoms with Gasteiger partial charge in [0.25, 0.3) is 0 Å². The van der Waals surface area contributed by atoms with Crippen LogP contribution in [0.2, 0.25) is 0 Å². The van der Waals surface area contributed by atoms with E-state index >= 15 is 0 Å². The number of rotatable bonds is 4. The van der Waals surface area contributed by atoms with Crippen molar-refractivity contribution in [3.63, 3.8) is 0 Å². The van der Waals surface area contributed by atoms with Crippen LogP contribution in [0.25, 0.3) is 5.65 Å². The Morgan fingerprint density at radius 1 is 1.19 bits per heavy atom. The SMILES string of the molecule is CN(C)c1nc(N)nc(CSc2nnc3ccccn23)n1. The summed E-state index contributed by atoms with van der Waals surface area (Å²) in [5.41, 5.74) is 6.51. The van der Waals surface area contributed by atoms with Gasteiger partial charge in [0.2, 0.25) is 11.9 Å². The van der Waals surface area contributed by atoms with E-state index in [4.69, 9.17) is 5.73 Å². The molecule has 8 nitrogen and oxygen atoms in total. The predicted molar refractivity (Wildman–Crippen MR) is 81.1 cm³/mol. The van der Waals surface area contributed by atoms with E-state index in [-0.39, 0.29) is 5.95 Å². The first-order valence-corrected chi connectivity index (χ1v) is 7.22. The molecule has 0 spiro atoms. The molecule has 2 N–H and O–H groups in total. The summed E-state index contributed by atoms with van der Waals surface area (Å²) < 4.78 is 1.92. The molecule has 3 heterocycles. The molecule has 3 aromatic rings. The van der Waals surface area contributed by atoms with Gasteiger partial charge in [0.1, 0.15) is 5.82 Å². The van der Waals surface area contributed by atoms with Crippen LogP contribution in [0.3, 0.4) is 0 Å². The fraction of sp³-hybridized carbons (Fsp3) is 0.250. The van der Waals surface area contributed by atoms with Gasteiger partial charge in [-0.2, -0.15) is 15.0 Å². The van der Waals surface area contributed by atoms with Gasteiger partial charge in [-0.25, -0.2) is 0 Å². The first-order valence-electron chi connectivity index (χ1n) is 6.24. The van der Waals surface area contributed by atoms with Gasteiger partial charge < -0.3 is 10.6 Å². The Hall–Kier alpha value is -2.42. The molecule has 0 radical (unpaired) electrons. The first-order chi connectivity index (χ1) is 10.1. The molecule has 9 heteroatoms. The van der Waals surface area contributed by atoms with Gasteiger partial charge in [-0.15, -0.1) is 10.2 Å². The molecule has 0 saturated carbocycles. The molecule has 21 heavy (non-hydrogen) atoms. The Morgan fingerprint density at radius 3 is 2.86 bits per heavy atom. The molecule has 3 rings (SSSR count). The molecular weight excluding hydrogens is 288 g/mol. The Balaban J connectivity index is 1.81. The number of hydrogen-bond donors (Lipinski definition) is 1. The number of fused-ring (bicyclic) bond motifs is 1. The zero-order valence-corrected chi connectivity index (χ0v) is 12.4. The lowest BCUT2D eigenvalue weighted by molar-refractivity contribution is 0.902. The van der Waals surface area contributed by atoms with Crippen molar-refractivity contribution < 1.29 is 0 Å². The number of thioether (sulfide) groups is 1. The number of aromatic nitrogens is 6. The van der Waals surface area contributed by atoms with E-state index < -0.39 is 0 Å². The molecule has 0 aromatic carbocycles. The molecule has 0 saturated heterocycles. The fourth-order valence-corrected chi connectivity index (χ4v) is 2.52. The van der Waals surface area contributed by atoms with Crippen LogP contribution in [-0.4, -0.2) is 43.6 Å². The van der Waals surface area contributed by atoms with Crippen LogP contribution < -0.4 is 10.6 Å². The lowest BCUT2D eigenvalue weighted by Crippen LogP contribution is -2.15. The molecule has 0 atom stereocenters. The van der Waals surface area contributed by atoms with Gasteiger partial charge in [0.15, 0.2) is 10.8 Å². The highest BCUT2D eigenvalue weighted by Gasteiger charge is 2.10. The van der Waals surface area contributed by atoms with Gasteiger partial charge in [0, 0.05) is 20.3 Å². The number of pyridine rings is 1. The number of nitrogens with two attached hydrogens (primary N) is 1.